The summed E-state index contributed by atoms with van der Waals surface area (Å²) in [5, 5.41) is 6.50. The standard InChI is InChI=1S/C23H21N5O.C2H6/c1-16-15-25-23(27-19-7-5-6-17(24)14-19)28-22(16)26-18-10-12-21(13-11-18)29-20-8-3-2-4-9-20;1-2/h2-15H,24H2,1H3,(H2,25,26,27,28);1-2H3. The Morgan fingerprint density at radius 1 is 0.774 bits per heavy atom. The molecule has 1 heterocycles. The molecule has 0 aliphatic rings. The average Bonchev–Trinajstić information content (AvgIpc) is 2.79. The van der Waals surface area contributed by atoms with E-state index in [1.54, 1.807) is 6.20 Å². The summed E-state index contributed by atoms with van der Waals surface area (Å²) in [6.45, 7) is 5.96. The van der Waals surface area contributed by atoms with Crippen molar-refractivity contribution in [2.24, 2.45) is 0 Å². The van der Waals surface area contributed by atoms with Gasteiger partial charge in [-0.25, -0.2) is 4.98 Å². The quantitative estimate of drug-likeness (QED) is 0.306. The van der Waals surface area contributed by atoms with Gasteiger partial charge in [0, 0.05) is 28.8 Å². The van der Waals surface area contributed by atoms with Gasteiger partial charge in [0.1, 0.15) is 17.3 Å². The number of ether oxygens (including phenoxy) is 1. The van der Waals surface area contributed by atoms with Gasteiger partial charge in [-0.05, 0) is 61.5 Å². The van der Waals surface area contributed by atoms with Gasteiger partial charge in [-0.3, -0.25) is 0 Å². The molecule has 31 heavy (non-hydrogen) atoms. The molecule has 158 valence electrons. The molecule has 0 bridgehead atoms. The van der Waals surface area contributed by atoms with Crippen LogP contribution in [0.5, 0.6) is 11.5 Å². The van der Waals surface area contributed by atoms with Crippen LogP contribution >= 0.6 is 0 Å². The van der Waals surface area contributed by atoms with Crippen LogP contribution in [-0.4, -0.2) is 9.97 Å². The fourth-order valence-corrected chi connectivity index (χ4v) is 2.74. The largest absolute Gasteiger partial charge is 0.457 e. The summed E-state index contributed by atoms with van der Waals surface area (Å²) in [5.41, 5.74) is 9.18. The number of aryl methyl sites for hydroxylation is 1. The Kier molecular flexibility index (Phi) is 7.43. The van der Waals surface area contributed by atoms with Crippen molar-refractivity contribution < 1.29 is 4.74 Å². The summed E-state index contributed by atoms with van der Waals surface area (Å²) < 4.78 is 5.83. The molecule has 1 aromatic heterocycles. The van der Waals surface area contributed by atoms with Crippen molar-refractivity contribution in [1.82, 2.24) is 9.97 Å². The fraction of sp³-hybridized carbons (Fsp3) is 0.120. The molecule has 0 aliphatic heterocycles. The molecule has 0 amide bonds. The van der Waals surface area contributed by atoms with Crippen molar-refractivity contribution in [3.63, 3.8) is 0 Å². The van der Waals surface area contributed by atoms with Gasteiger partial charge in [0.25, 0.3) is 0 Å². The van der Waals surface area contributed by atoms with E-state index in [4.69, 9.17) is 10.5 Å². The van der Waals surface area contributed by atoms with Crippen LogP contribution in [-0.2, 0) is 0 Å². The average molecular weight is 414 g/mol. The minimum Gasteiger partial charge on any atom is -0.457 e. The van der Waals surface area contributed by atoms with E-state index in [9.17, 15) is 0 Å². The first-order chi connectivity index (χ1) is 15.2. The number of nitrogens with zero attached hydrogens (tertiary/aromatic N) is 2. The van der Waals surface area contributed by atoms with Crippen molar-refractivity contribution in [2.45, 2.75) is 20.8 Å². The molecule has 0 saturated carbocycles. The number of nitrogens with one attached hydrogen (secondary N) is 2. The Hall–Kier alpha value is -4.06. The Bertz CT molecular complexity index is 1100. The lowest BCUT2D eigenvalue weighted by Crippen LogP contribution is -2.03. The highest BCUT2D eigenvalue weighted by Crippen LogP contribution is 2.25. The van der Waals surface area contributed by atoms with Gasteiger partial charge in [-0.1, -0.05) is 38.1 Å². The van der Waals surface area contributed by atoms with Crippen LogP contribution in [0.25, 0.3) is 0 Å². The van der Waals surface area contributed by atoms with Crippen molar-refractivity contribution in [3.05, 3.63) is 90.6 Å². The first kappa shape index (κ1) is 21.6. The highest BCUT2D eigenvalue weighted by Gasteiger charge is 2.06. The van der Waals surface area contributed by atoms with Crippen LogP contribution in [0, 0.1) is 6.92 Å². The van der Waals surface area contributed by atoms with Crippen molar-refractivity contribution >= 4 is 28.8 Å². The van der Waals surface area contributed by atoms with Gasteiger partial charge >= 0.3 is 0 Å². The van der Waals surface area contributed by atoms with E-state index in [1.165, 1.54) is 0 Å². The minimum absolute atomic E-state index is 0.493. The van der Waals surface area contributed by atoms with Crippen LogP contribution < -0.4 is 21.1 Å². The van der Waals surface area contributed by atoms with Crippen LogP contribution in [0.15, 0.2) is 85.1 Å². The van der Waals surface area contributed by atoms with Crippen molar-refractivity contribution in [2.75, 3.05) is 16.4 Å². The molecule has 6 nitrogen and oxygen atoms in total. The van der Waals surface area contributed by atoms with Crippen molar-refractivity contribution in [1.29, 1.82) is 0 Å². The lowest BCUT2D eigenvalue weighted by molar-refractivity contribution is 0.483. The third kappa shape index (κ3) is 6.21. The van der Waals surface area contributed by atoms with Gasteiger partial charge in [0.15, 0.2) is 0 Å². The SMILES string of the molecule is CC.Cc1cnc(Nc2cccc(N)c2)nc1Nc1ccc(Oc2ccccc2)cc1. The number of aromatic nitrogens is 2. The Labute approximate surface area is 183 Å². The lowest BCUT2D eigenvalue weighted by atomic mass is 10.2. The molecule has 4 N–H and O–H groups in total. The van der Waals surface area contributed by atoms with E-state index in [-0.39, 0.29) is 0 Å². The molecule has 0 radical (unpaired) electrons. The Balaban J connectivity index is 0.00000132. The minimum atomic E-state index is 0.493. The maximum atomic E-state index is 5.83. The van der Waals surface area contributed by atoms with E-state index < -0.39 is 0 Å². The zero-order valence-corrected chi connectivity index (χ0v) is 18.0. The highest BCUT2D eigenvalue weighted by molar-refractivity contribution is 5.64. The second-order valence-electron chi connectivity index (χ2n) is 6.54. The summed E-state index contributed by atoms with van der Waals surface area (Å²) in [6.07, 6.45) is 1.77. The molecule has 6 heteroatoms. The molecule has 4 rings (SSSR count). The highest BCUT2D eigenvalue weighted by atomic mass is 16.5. The van der Waals surface area contributed by atoms with Crippen LogP contribution in [0.2, 0.25) is 0 Å². The maximum Gasteiger partial charge on any atom is 0.229 e. The van der Waals surface area contributed by atoms with Crippen LogP contribution in [0.3, 0.4) is 0 Å². The predicted octanol–water partition coefficient (Wildman–Crippen LogP) is 6.67. The van der Waals surface area contributed by atoms with Crippen molar-refractivity contribution in [3.8, 4) is 11.5 Å². The van der Waals surface area contributed by atoms with Crippen LogP contribution in [0.4, 0.5) is 28.8 Å². The number of rotatable bonds is 6. The van der Waals surface area contributed by atoms with E-state index in [2.05, 4.69) is 20.6 Å². The number of nitrogen functional groups attached to an aromatic ring is 1. The predicted molar refractivity (Wildman–Crippen MR) is 128 cm³/mol. The number of hydrogen-bond donors (Lipinski definition) is 3. The molecule has 0 unspecified atom stereocenters. The molecular weight excluding hydrogens is 386 g/mol. The fourth-order valence-electron chi connectivity index (χ4n) is 2.74. The third-order valence-electron chi connectivity index (χ3n) is 4.21. The second kappa shape index (κ2) is 10.6. The Morgan fingerprint density at radius 3 is 2.19 bits per heavy atom. The first-order valence-corrected chi connectivity index (χ1v) is 10.2. The number of anilines is 5. The zero-order chi connectivity index (χ0) is 22.1. The summed E-state index contributed by atoms with van der Waals surface area (Å²) in [4.78, 5) is 8.92. The Morgan fingerprint density at radius 2 is 1.48 bits per heavy atom. The molecule has 0 aliphatic carbocycles. The molecular formula is C25H27N5O. The van der Waals surface area contributed by atoms with E-state index in [0.717, 1.165) is 34.3 Å². The second-order valence-corrected chi connectivity index (χ2v) is 6.54. The monoisotopic (exact) mass is 413 g/mol. The van der Waals surface area contributed by atoms with Gasteiger partial charge in [-0.15, -0.1) is 0 Å². The molecule has 0 fully saturated rings. The third-order valence-corrected chi connectivity index (χ3v) is 4.21. The summed E-state index contributed by atoms with van der Waals surface area (Å²) in [6, 6.07) is 24.9. The van der Waals surface area contributed by atoms with E-state index in [1.807, 2.05) is 99.6 Å². The number of hydrogen-bond acceptors (Lipinski definition) is 6. The molecule has 3 aromatic carbocycles. The van der Waals surface area contributed by atoms with Crippen LogP contribution in [0.1, 0.15) is 19.4 Å². The molecule has 0 atom stereocenters. The van der Waals surface area contributed by atoms with Gasteiger partial charge in [-0.2, -0.15) is 4.98 Å². The zero-order valence-electron chi connectivity index (χ0n) is 18.0. The summed E-state index contributed by atoms with van der Waals surface area (Å²) >= 11 is 0. The van der Waals surface area contributed by atoms with Gasteiger partial charge in [0.05, 0.1) is 0 Å². The number of para-hydroxylation sites is 1. The molecule has 4 aromatic rings. The molecule has 0 spiro atoms. The van der Waals surface area contributed by atoms with E-state index in [0.29, 0.717) is 11.6 Å². The number of benzene rings is 3. The first-order valence-electron chi connectivity index (χ1n) is 10.2. The maximum absolute atomic E-state index is 5.83. The smallest absolute Gasteiger partial charge is 0.229 e. The summed E-state index contributed by atoms with van der Waals surface area (Å²) in [5.74, 6) is 2.79. The summed E-state index contributed by atoms with van der Waals surface area (Å²) in [7, 11) is 0. The van der Waals surface area contributed by atoms with Gasteiger partial charge in [0.2, 0.25) is 5.95 Å². The van der Waals surface area contributed by atoms with Gasteiger partial charge < -0.3 is 21.1 Å². The topological polar surface area (TPSA) is 85.1 Å². The number of nitrogens with two attached hydrogens (primary N) is 1. The lowest BCUT2D eigenvalue weighted by Gasteiger charge is -2.12. The van der Waals surface area contributed by atoms with E-state index >= 15 is 0 Å². The molecule has 0 saturated heterocycles. The normalized spacial score (nSPS) is 9.90.